The molecule has 1 fully saturated rings. The van der Waals surface area contributed by atoms with Gasteiger partial charge in [-0.25, -0.2) is 8.42 Å². The van der Waals surface area contributed by atoms with Gasteiger partial charge in [0.2, 0.25) is 5.91 Å². The first-order valence-corrected chi connectivity index (χ1v) is 10.7. The first-order chi connectivity index (χ1) is 13.8. The molecule has 0 atom stereocenters. The van der Waals surface area contributed by atoms with Gasteiger partial charge >= 0.3 is 0 Å². The molecule has 2 aromatic rings. The number of benzene rings is 1. The van der Waals surface area contributed by atoms with Gasteiger partial charge in [-0.1, -0.05) is 36.9 Å². The smallest absolute Gasteiger partial charge is 0.267 e. The van der Waals surface area contributed by atoms with Gasteiger partial charge in [-0.15, -0.1) is 0 Å². The highest BCUT2D eigenvalue weighted by molar-refractivity contribution is 7.89. The maximum absolute atomic E-state index is 12.8. The molecule has 0 bridgehead atoms. The van der Waals surface area contributed by atoms with Gasteiger partial charge in [0.15, 0.2) is 5.03 Å². The molecule has 2 amide bonds. The minimum atomic E-state index is -3.75. The fourth-order valence-electron chi connectivity index (χ4n) is 3.15. The fourth-order valence-corrected chi connectivity index (χ4v) is 4.85. The summed E-state index contributed by atoms with van der Waals surface area (Å²) in [4.78, 5) is 23.8. The van der Waals surface area contributed by atoms with Crippen LogP contribution in [0.5, 0.6) is 0 Å². The molecule has 3 rings (SSSR count). The second-order valence-electron chi connectivity index (χ2n) is 6.84. The van der Waals surface area contributed by atoms with Gasteiger partial charge in [-0.3, -0.25) is 9.59 Å². The number of carbonyl (C=O) groups is 2. The standard InChI is InChI=1S/C20H24N4O4S/c1-3-18(25)22-16-13-24(14-16)29(27,28)19-10-9-17(23(19)2)20(26)21-12-11-15-7-5-4-6-8-15/h3-10,16H,1,11-14H2,2H3,(H,21,26)(H,22,25). The van der Waals surface area contributed by atoms with E-state index in [0.717, 1.165) is 11.6 Å². The normalized spacial score (nSPS) is 14.8. The topological polar surface area (TPSA) is 101 Å². The van der Waals surface area contributed by atoms with Crippen LogP contribution in [0.2, 0.25) is 0 Å². The summed E-state index contributed by atoms with van der Waals surface area (Å²) in [5, 5.41) is 5.52. The summed E-state index contributed by atoms with van der Waals surface area (Å²) in [5.41, 5.74) is 1.38. The van der Waals surface area contributed by atoms with E-state index in [4.69, 9.17) is 0 Å². The Labute approximate surface area is 170 Å². The average Bonchev–Trinajstić information content (AvgIpc) is 3.07. The van der Waals surface area contributed by atoms with Crippen molar-refractivity contribution in [3.8, 4) is 0 Å². The van der Waals surface area contributed by atoms with E-state index in [1.165, 1.54) is 21.0 Å². The van der Waals surface area contributed by atoms with Gasteiger partial charge in [0.1, 0.15) is 5.69 Å². The Hall–Kier alpha value is -2.91. The van der Waals surface area contributed by atoms with Crippen LogP contribution in [0.1, 0.15) is 16.1 Å². The summed E-state index contributed by atoms with van der Waals surface area (Å²) >= 11 is 0. The molecule has 0 unspecified atom stereocenters. The molecule has 2 N–H and O–H groups in total. The lowest BCUT2D eigenvalue weighted by Crippen LogP contribution is -2.60. The average molecular weight is 417 g/mol. The number of carbonyl (C=O) groups excluding carboxylic acids is 2. The Morgan fingerprint density at radius 1 is 1.17 bits per heavy atom. The maximum Gasteiger partial charge on any atom is 0.267 e. The number of aromatic nitrogens is 1. The number of nitrogens with one attached hydrogen (secondary N) is 2. The predicted molar refractivity (Wildman–Crippen MR) is 109 cm³/mol. The van der Waals surface area contributed by atoms with Crippen molar-refractivity contribution in [2.75, 3.05) is 19.6 Å². The molecule has 1 saturated heterocycles. The first-order valence-electron chi connectivity index (χ1n) is 9.24. The van der Waals surface area contributed by atoms with Crippen molar-refractivity contribution in [3.05, 3.63) is 66.4 Å². The minimum absolute atomic E-state index is 0.0409. The zero-order valence-corrected chi connectivity index (χ0v) is 17.0. The van der Waals surface area contributed by atoms with Crippen LogP contribution in [0.4, 0.5) is 0 Å². The van der Waals surface area contributed by atoms with E-state index in [2.05, 4.69) is 17.2 Å². The van der Waals surface area contributed by atoms with Gasteiger partial charge in [-0.2, -0.15) is 4.31 Å². The van der Waals surface area contributed by atoms with E-state index >= 15 is 0 Å². The van der Waals surface area contributed by atoms with Gasteiger partial charge in [0, 0.05) is 26.7 Å². The third kappa shape index (κ3) is 4.57. The molecule has 1 aliphatic heterocycles. The third-order valence-electron chi connectivity index (χ3n) is 4.83. The van der Waals surface area contributed by atoms with E-state index in [9.17, 15) is 18.0 Å². The monoisotopic (exact) mass is 416 g/mol. The van der Waals surface area contributed by atoms with Crippen LogP contribution >= 0.6 is 0 Å². The van der Waals surface area contributed by atoms with Crippen LogP contribution in [-0.2, 0) is 28.3 Å². The molecule has 8 nitrogen and oxygen atoms in total. The molecule has 0 spiro atoms. The first kappa shape index (κ1) is 20.8. The van der Waals surface area contributed by atoms with Crippen molar-refractivity contribution in [2.24, 2.45) is 7.05 Å². The number of nitrogens with zero attached hydrogens (tertiary/aromatic N) is 2. The van der Waals surface area contributed by atoms with Crippen LogP contribution in [0.15, 0.2) is 60.1 Å². The molecule has 29 heavy (non-hydrogen) atoms. The largest absolute Gasteiger partial charge is 0.350 e. The van der Waals surface area contributed by atoms with Gasteiger partial charge in [0.05, 0.1) is 6.04 Å². The van der Waals surface area contributed by atoms with Crippen LogP contribution in [0.3, 0.4) is 0 Å². The SMILES string of the molecule is C=CC(=O)NC1CN(S(=O)(=O)c2ccc(C(=O)NCCc3ccccc3)n2C)C1. The Bertz CT molecular complexity index is 1010. The fraction of sp³-hybridized carbons (Fsp3) is 0.300. The summed E-state index contributed by atoms with van der Waals surface area (Å²) in [5.74, 6) is -0.662. The number of rotatable bonds is 8. The van der Waals surface area contributed by atoms with Crippen LogP contribution in [0.25, 0.3) is 0 Å². The van der Waals surface area contributed by atoms with Crippen molar-refractivity contribution < 1.29 is 18.0 Å². The molecule has 0 saturated carbocycles. The molecule has 1 aliphatic rings. The Morgan fingerprint density at radius 3 is 2.52 bits per heavy atom. The Kier molecular flexibility index (Phi) is 6.19. The van der Waals surface area contributed by atoms with E-state index in [-0.39, 0.29) is 41.7 Å². The molecule has 1 aromatic heterocycles. The quantitative estimate of drug-likeness (QED) is 0.618. The Balaban J connectivity index is 1.60. The lowest BCUT2D eigenvalue weighted by atomic mass is 10.1. The highest BCUT2D eigenvalue weighted by atomic mass is 32.2. The van der Waals surface area contributed by atoms with Crippen molar-refractivity contribution in [3.63, 3.8) is 0 Å². The van der Waals surface area contributed by atoms with Crippen molar-refractivity contribution in [1.29, 1.82) is 0 Å². The van der Waals surface area contributed by atoms with E-state index in [1.807, 2.05) is 30.3 Å². The number of hydrogen-bond acceptors (Lipinski definition) is 4. The molecule has 0 radical (unpaired) electrons. The van der Waals surface area contributed by atoms with Gasteiger partial charge < -0.3 is 15.2 Å². The Morgan fingerprint density at radius 2 is 1.86 bits per heavy atom. The number of amides is 2. The van der Waals surface area contributed by atoms with Crippen LogP contribution < -0.4 is 10.6 Å². The molecule has 2 heterocycles. The van der Waals surface area contributed by atoms with E-state index in [1.54, 1.807) is 7.05 Å². The summed E-state index contributed by atoms with van der Waals surface area (Å²) < 4.78 is 28.3. The highest BCUT2D eigenvalue weighted by Gasteiger charge is 2.38. The second kappa shape index (κ2) is 8.62. The summed E-state index contributed by atoms with van der Waals surface area (Å²) in [7, 11) is -2.19. The van der Waals surface area contributed by atoms with Crippen molar-refractivity contribution in [1.82, 2.24) is 19.5 Å². The van der Waals surface area contributed by atoms with Gasteiger partial charge in [0.25, 0.3) is 15.9 Å². The lowest BCUT2D eigenvalue weighted by molar-refractivity contribution is -0.117. The maximum atomic E-state index is 12.8. The number of hydrogen-bond donors (Lipinski definition) is 2. The molecular formula is C20H24N4O4S. The van der Waals surface area contributed by atoms with E-state index in [0.29, 0.717) is 13.0 Å². The number of sulfonamides is 1. The summed E-state index contributed by atoms with van der Waals surface area (Å²) in [6, 6.07) is 12.5. The molecule has 154 valence electrons. The predicted octanol–water partition coefficient (Wildman–Crippen LogP) is 0.673. The van der Waals surface area contributed by atoms with Crippen molar-refractivity contribution in [2.45, 2.75) is 17.5 Å². The van der Waals surface area contributed by atoms with Gasteiger partial charge in [-0.05, 0) is 30.2 Å². The van der Waals surface area contributed by atoms with Crippen LogP contribution in [0, 0.1) is 0 Å². The second-order valence-corrected chi connectivity index (χ2v) is 8.72. The summed E-state index contributed by atoms with van der Waals surface area (Å²) in [6.07, 6.45) is 1.84. The van der Waals surface area contributed by atoms with Crippen LogP contribution in [-0.4, -0.2) is 54.8 Å². The molecule has 1 aromatic carbocycles. The van der Waals surface area contributed by atoms with E-state index < -0.39 is 10.0 Å². The van der Waals surface area contributed by atoms with Crippen molar-refractivity contribution >= 4 is 21.8 Å². The highest BCUT2D eigenvalue weighted by Crippen LogP contribution is 2.23. The summed E-state index contributed by atoms with van der Waals surface area (Å²) in [6.45, 7) is 4.20. The zero-order chi connectivity index (χ0) is 21.0. The molecular weight excluding hydrogens is 392 g/mol. The molecule has 0 aliphatic carbocycles. The zero-order valence-electron chi connectivity index (χ0n) is 16.2. The third-order valence-corrected chi connectivity index (χ3v) is 6.75. The minimum Gasteiger partial charge on any atom is -0.350 e. The lowest BCUT2D eigenvalue weighted by Gasteiger charge is -2.38. The molecule has 9 heteroatoms.